The zero-order valence-corrected chi connectivity index (χ0v) is 10.2. The Balaban J connectivity index is 2.05. The van der Waals surface area contributed by atoms with Crippen molar-refractivity contribution in [1.29, 1.82) is 0 Å². The van der Waals surface area contributed by atoms with Crippen molar-refractivity contribution in [2.75, 3.05) is 13.7 Å². The zero-order chi connectivity index (χ0) is 13.7. The van der Waals surface area contributed by atoms with Gasteiger partial charge in [-0.05, 0) is 18.2 Å². The standard InChI is InChI=1S/C12H12N2O5/c1-17-9-4-2-3-8(5-9)12-14-13-10(19-12)6-18-7-11(15)16/h2-5H,6-7H2,1H3,(H,15,16). The molecule has 0 radical (unpaired) electrons. The summed E-state index contributed by atoms with van der Waals surface area (Å²) in [4.78, 5) is 10.3. The Bertz CT molecular complexity index is 567. The maximum absolute atomic E-state index is 10.3. The number of carboxylic acids is 1. The molecule has 0 saturated heterocycles. The van der Waals surface area contributed by atoms with Crippen LogP contribution in [0.3, 0.4) is 0 Å². The molecule has 0 bridgehead atoms. The number of aromatic nitrogens is 2. The molecule has 1 N–H and O–H groups in total. The Morgan fingerprint density at radius 1 is 1.42 bits per heavy atom. The maximum Gasteiger partial charge on any atom is 0.329 e. The number of nitrogens with zero attached hydrogens (tertiary/aromatic N) is 2. The van der Waals surface area contributed by atoms with Crippen LogP contribution in [-0.2, 0) is 16.1 Å². The topological polar surface area (TPSA) is 94.7 Å². The second-order valence-corrected chi connectivity index (χ2v) is 3.62. The molecule has 1 heterocycles. The molecule has 0 atom stereocenters. The van der Waals surface area contributed by atoms with Crippen LogP contribution < -0.4 is 4.74 Å². The molecular formula is C12H12N2O5. The summed E-state index contributed by atoms with van der Waals surface area (Å²) in [7, 11) is 1.57. The lowest BCUT2D eigenvalue weighted by atomic mass is 10.2. The molecule has 0 amide bonds. The molecule has 7 nitrogen and oxygen atoms in total. The average Bonchev–Trinajstić information content (AvgIpc) is 2.87. The minimum atomic E-state index is -1.05. The quantitative estimate of drug-likeness (QED) is 0.841. The Labute approximate surface area is 108 Å². The molecule has 19 heavy (non-hydrogen) atoms. The van der Waals surface area contributed by atoms with Crippen molar-refractivity contribution in [2.45, 2.75) is 6.61 Å². The predicted octanol–water partition coefficient (Wildman–Crippen LogP) is 1.35. The average molecular weight is 264 g/mol. The van der Waals surface area contributed by atoms with E-state index >= 15 is 0 Å². The largest absolute Gasteiger partial charge is 0.497 e. The third kappa shape index (κ3) is 3.52. The Morgan fingerprint density at radius 2 is 2.26 bits per heavy atom. The SMILES string of the molecule is COc1cccc(-c2nnc(COCC(=O)O)o2)c1. The molecule has 1 aromatic heterocycles. The highest BCUT2D eigenvalue weighted by atomic mass is 16.5. The van der Waals surface area contributed by atoms with Gasteiger partial charge in [0.2, 0.25) is 11.8 Å². The van der Waals surface area contributed by atoms with Crippen LogP contribution in [0.1, 0.15) is 5.89 Å². The van der Waals surface area contributed by atoms with Crippen molar-refractivity contribution in [1.82, 2.24) is 10.2 Å². The van der Waals surface area contributed by atoms with E-state index in [4.69, 9.17) is 19.0 Å². The van der Waals surface area contributed by atoms with Crippen LogP contribution in [0.5, 0.6) is 5.75 Å². The molecule has 2 rings (SSSR count). The normalized spacial score (nSPS) is 10.4. The monoisotopic (exact) mass is 264 g/mol. The first-order valence-electron chi connectivity index (χ1n) is 5.45. The maximum atomic E-state index is 10.3. The smallest absolute Gasteiger partial charge is 0.329 e. The van der Waals surface area contributed by atoms with Gasteiger partial charge in [-0.25, -0.2) is 4.79 Å². The summed E-state index contributed by atoms with van der Waals surface area (Å²) in [5.74, 6) is 0.179. The van der Waals surface area contributed by atoms with Gasteiger partial charge >= 0.3 is 5.97 Å². The van der Waals surface area contributed by atoms with Crippen molar-refractivity contribution < 1.29 is 23.8 Å². The number of aliphatic carboxylic acids is 1. The van der Waals surface area contributed by atoms with E-state index < -0.39 is 12.6 Å². The summed E-state index contributed by atoms with van der Waals surface area (Å²) < 4.78 is 15.3. The number of hydrogen-bond acceptors (Lipinski definition) is 6. The van der Waals surface area contributed by atoms with E-state index in [2.05, 4.69) is 10.2 Å². The molecule has 0 saturated carbocycles. The molecule has 0 unspecified atom stereocenters. The van der Waals surface area contributed by atoms with Gasteiger partial charge in [-0.3, -0.25) is 0 Å². The van der Waals surface area contributed by atoms with Crippen molar-refractivity contribution in [3.8, 4) is 17.2 Å². The summed E-state index contributed by atoms with van der Waals surface area (Å²) in [5.41, 5.74) is 0.719. The summed E-state index contributed by atoms with van der Waals surface area (Å²) >= 11 is 0. The molecule has 2 aromatic rings. The molecule has 0 spiro atoms. The minimum absolute atomic E-state index is 0.0384. The molecule has 1 aromatic carbocycles. The van der Waals surface area contributed by atoms with Crippen LogP contribution in [0.2, 0.25) is 0 Å². The fraction of sp³-hybridized carbons (Fsp3) is 0.250. The van der Waals surface area contributed by atoms with E-state index in [-0.39, 0.29) is 12.5 Å². The van der Waals surface area contributed by atoms with E-state index in [1.807, 2.05) is 0 Å². The fourth-order valence-corrected chi connectivity index (χ4v) is 1.41. The van der Waals surface area contributed by atoms with Gasteiger partial charge in [0.1, 0.15) is 19.0 Å². The first-order valence-corrected chi connectivity index (χ1v) is 5.45. The third-order valence-electron chi connectivity index (χ3n) is 2.23. The van der Waals surface area contributed by atoms with Crippen molar-refractivity contribution in [3.63, 3.8) is 0 Å². The molecular weight excluding hydrogens is 252 g/mol. The zero-order valence-electron chi connectivity index (χ0n) is 10.2. The number of carboxylic acid groups (broad SMARTS) is 1. The molecule has 7 heteroatoms. The number of rotatable bonds is 6. The summed E-state index contributed by atoms with van der Waals surface area (Å²) in [6.45, 7) is -0.444. The molecule has 0 fully saturated rings. The van der Waals surface area contributed by atoms with Crippen molar-refractivity contribution >= 4 is 5.97 Å². The molecule has 100 valence electrons. The highest BCUT2D eigenvalue weighted by Gasteiger charge is 2.10. The van der Waals surface area contributed by atoms with Gasteiger partial charge in [-0.2, -0.15) is 0 Å². The third-order valence-corrected chi connectivity index (χ3v) is 2.23. The minimum Gasteiger partial charge on any atom is -0.497 e. The second kappa shape index (κ2) is 5.96. The van der Waals surface area contributed by atoms with Crippen molar-refractivity contribution in [2.24, 2.45) is 0 Å². The lowest BCUT2D eigenvalue weighted by Crippen LogP contribution is -2.06. The summed E-state index contributed by atoms with van der Waals surface area (Å²) in [5, 5.41) is 16.1. The summed E-state index contributed by atoms with van der Waals surface area (Å²) in [6, 6.07) is 7.17. The lowest BCUT2D eigenvalue weighted by Gasteiger charge is -2.00. The van der Waals surface area contributed by atoms with Crippen LogP contribution in [0.15, 0.2) is 28.7 Å². The number of ether oxygens (including phenoxy) is 2. The highest BCUT2D eigenvalue weighted by Crippen LogP contribution is 2.22. The molecule has 0 aliphatic carbocycles. The lowest BCUT2D eigenvalue weighted by molar-refractivity contribution is -0.142. The van der Waals surface area contributed by atoms with E-state index in [1.165, 1.54) is 0 Å². The van der Waals surface area contributed by atoms with E-state index in [0.29, 0.717) is 11.6 Å². The van der Waals surface area contributed by atoms with Gasteiger partial charge in [0.25, 0.3) is 0 Å². The first kappa shape index (κ1) is 13.0. The fourth-order valence-electron chi connectivity index (χ4n) is 1.41. The van der Waals surface area contributed by atoms with Gasteiger partial charge in [-0.1, -0.05) is 6.07 Å². The van der Waals surface area contributed by atoms with Crippen LogP contribution in [-0.4, -0.2) is 35.0 Å². The van der Waals surface area contributed by atoms with Gasteiger partial charge in [0.05, 0.1) is 7.11 Å². The van der Waals surface area contributed by atoms with Crippen LogP contribution in [0.25, 0.3) is 11.5 Å². The Kier molecular flexibility index (Phi) is 4.09. The van der Waals surface area contributed by atoms with E-state index in [1.54, 1.807) is 31.4 Å². The van der Waals surface area contributed by atoms with E-state index in [0.717, 1.165) is 5.56 Å². The predicted molar refractivity (Wildman–Crippen MR) is 63.6 cm³/mol. The van der Waals surface area contributed by atoms with Crippen molar-refractivity contribution in [3.05, 3.63) is 30.2 Å². The summed E-state index contributed by atoms with van der Waals surface area (Å²) in [6.07, 6.45) is 0. The van der Waals surface area contributed by atoms with Crippen LogP contribution in [0.4, 0.5) is 0 Å². The van der Waals surface area contributed by atoms with Crippen LogP contribution >= 0.6 is 0 Å². The number of methoxy groups -OCH3 is 1. The molecule has 0 aliphatic rings. The Hall–Kier alpha value is -2.41. The van der Waals surface area contributed by atoms with Gasteiger partial charge in [-0.15, -0.1) is 10.2 Å². The van der Waals surface area contributed by atoms with E-state index in [9.17, 15) is 4.79 Å². The number of hydrogen-bond donors (Lipinski definition) is 1. The van der Waals surface area contributed by atoms with Crippen LogP contribution in [0, 0.1) is 0 Å². The number of benzene rings is 1. The first-order chi connectivity index (χ1) is 9.19. The molecule has 0 aliphatic heterocycles. The Morgan fingerprint density at radius 3 is 3.00 bits per heavy atom. The van der Waals surface area contributed by atoms with Gasteiger partial charge < -0.3 is 19.0 Å². The van der Waals surface area contributed by atoms with Gasteiger partial charge in [0.15, 0.2) is 0 Å². The highest BCUT2D eigenvalue weighted by molar-refractivity contribution is 5.67. The number of carbonyl (C=O) groups is 1. The second-order valence-electron chi connectivity index (χ2n) is 3.62. The van der Waals surface area contributed by atoms with Gasteiger partial charge in [0, 0.05) is 5.56 Å².